The number of hydrogen-bond donors (Lipinski definition) is 0. The molecule has 1 atom stereocenters. The lowest BCUT2D eigenvalue weighted by molar-refractivity contribution is -0.154. The van der Waals surface area contributed by atoms with Gasteiger partial charge in [-0.1, -0.05) is 12.1 Å². The van der Waals surface area contributed by atoms with Crippen LogP contribution in [-0.4, -0.2) is 53.4 Å². The molecule has 1 saturated heterocycles. The highest BCUT2D eigenvalue weighted by Crippen LogP contribution is 2.23. The van der Waals surface area contributed by atoms with E-state index < -0.39 is 0 Å². The first-order valence-corrected chi connectivity index (χ1v) is 8.08. The number of aryl methyl sites for hydroxylation is 1. The molecule has 1 aromatic heterocycles. The predicted molar refractivity (Wildman–Crippen MR) is 90.4 cm³/mol. The fourth-order valence-electron chi connectivity index (χ4n) is 3.30. The summed E-state index contributed by atoms with van der Waals surface area (Å²) in [5.41, 5.74) is 3.76. The van der Waals surface area contributed by atoms with Crippen LogP contribution in [0.25, 0.3) is 11.0 Å². The van der Waals surface area contributed by atoms with Crippen molar-refractivity contribution in [2.45, 2.75) is 39.0 Å². The minimum atomic E-state index is -0.181. The van der Waals surface area contributed by atoms with Crippen molar-refractivity contribution in [1.82, 2.24) is 14.9 Å². The van der Waals surface area contributed by atoms with E-state index in [1.807, 2.05) is 31.2 Å². The van der Waals surface area contributed by atoms with E-state index in [4.69, 9.17) is 14.5 Å². The Morgan fingerprint density at radius 2 is 1.96 bits per heavy atom. The van der Waals surface area contributed by atoms with Gasteiger partial charge in [-0.3, -0.25) is 4.90 Å². The molecule has 0 saturated carbocycles. The third kappa shape index (κ3) is 3.86. The Morgan fingerprint density at radius 3 is 2.65 bits per heavy atom. The van der Waals surface area contributed by atoms with Crippen molar-refractivity contribution >= 4 is 11.0 Å². The van der Waals surface area contributed by atoms with E-state index in [9.17, 15) is 0 Å². The van der Waals surface area contributed by atoms with Crippen LogP contribution in [0.3, 0.4) is 0 Å². The van der Waals surface area contributed by atoms with Gasteiger partial charge in [0.2, 0.25) is 0 Å². The molecular formula is C18H25N3O2. The summed E-state index contributed by atoms with van der Waals surface area (Å²) in [4.78, 5) is 11.9. The van der Waals surface area contributed by atoms with Gasteiger partial charge in [0, 0.05) is 26.7 Å². The van der Waals surface area contributed by atoms with Gasteiger partial charge in [0.25, 0.3) is 0 Å². The number of fused-ring (bicyclic) bond motifs is 1. The third-order valence-corrected chi connectivity index (χ3v) is 4.12. The highest BCUT2D eigenvalue weighted by Gasteiger charge is 2.33. The number of morpholine rings is 1. The topological polar surface area (TPSA) is 47.5 Å². The number of hydrogen-bond acceptors (Lipinski definition) is 5. The zero-order chi connectivity index (χ0) is 16.4. The van der Waals surface area contributed by atoms with E-state index >= 15 is 0 Å². The van der Waals surface area contributed by atoms with E-state index in [2.05, 4.69) is 23.7 Å². The van der Waals surface area contributed by atoms with Crippen LogP contribution in [-0.2, 0) is 16.0 Å². The van der Waals surface area contributed by atoms with Gasteiger partial charge in [0.05, 0.1) is 40.7 Å². The maximum atomic E-state index is 6.08. The lowest BCUT2D eigenvalue weighted by atomic mass is 10.0. The van der Waals surface area contributed by atoms with Crippen LogP contribution in [0.1, 0.15) is 25.2 Å². The van der Waals surface area contributed by atoms with Gasteiger partial charge >= 0.3 is 0 Å². The summed E-state index contributed by atoms with van der Waals surface area (Å²) >= 11 is 0. The Hall–Kier alpha value is -1.56. The first kappa shape index (κ1) is 16.3. The number of rotatable bonds is 4. The first-order valence-electron chi connectivity index (χ1n) is 8.08. The van der Waals surface area contributed by atoms with Crippen LogP contribution < -0.4 is 0 Å². The Morgan fingerprint density at radius 1 is 1.26 bits per heavy atom. The average Bonchev–Trinajstić information content (AvgIpc) is 2.46. The van der Waals surface area contributed by atoms with Crippen LogP contribution in [0, 0.1) is 6.92 Å². The van der Waals surface area contributed by atoms with Crippen LogP contribution in [0.15, 0.2) is 24.3 Å². The lowest BCUT2D eigenvalue weighted by Crippen LogP contribution is -2.53. The minimum absolute atomic E-state index is 0.0949. The standard InChI is InChI=1S/C18H25N3O2/c1-13-17(20-16-8-6-5-7-15(16)19-13)10-21-9-14(11-22-4)23-18(2,3)12-21/h5-8,14H,9-12H2,1-4H3. The first-order chi connectivity index (χ1) is 11.0. The summed E-state index contributed by atoms with van der Waals surface area (Å²) < 4.78 is 11.4. The molecule has 2 aromatic rings. The normalized spacial score (nSPS) is 21.7. The van der Waals surface area contributed by atoms with Crippen LogP contribution in [0.2, 0.25) is 0 Å². The van der Waals surface area contributed by atoms with E-state index in [0.29, 0.717) is 6.61 Å². The zero-order valence-electron chi connectivity index (χ0n) is 14.4. The molecule has 0 amide bonds. The molecule has 1 aliphatic rings. The average molecular weight is 315 g/mol. The molecular weight excluding hydrogens is 290 g/mol. The summed E-state index contributed by atoms with van der Waals surface area (Å²) in [6.07, 6.45) is 0.0949. The lowest BCUT2D eigenvalue weighted by Gasteiger charge is -2.42. The largest absolute Gasteiger partial charge is 0.382 e. The Bertz CT molecular complexity index is 687. The van der Waals surface area contributed by atoms with E-state index in [1.165, 1.54) is 0 Å². The van der Waals surface area contributed by atoms with Crippen LogP contribution in [0.4, 0.5) is 0 Å². The van der Waals surface area contributed by atoms with Gasteiger partial charge in [-0.25, -0.2) is 9.97 Å². The molecule has 1 aromatic carbocycles. The second-order valence-electron chi connectivity index (χ2n) is 6.87. The summed E-state index contributed by atoms with van der Waals surface area (Å²) in [5.74, 6) is 0. The number of nitrogens with zero attached hydrogens (tertiary/aromatic N) is 3. The number of benzene rings is 1. The molecule has 2 heterocycles. The fraction of sp³-hybridized carbons (Fsp3) is 0.556. The predicted octanol–water partition coefficient (Wildman–Crippen LogP) is 2.56. The summed E-state index contributed by atoms with van der Waals surface area (Å²) in [7, 11) is 1.72. The van der Waals surface area contributed by atoms with Crippen molar-refractivity contribution in [2.75, 3.05) is 26.8 Å². The van der Waals surface area contributed by atoms with Crippen molar-refractivity contribution in [3.8, 4) is 0 Å². The fourth-order valence-corrected chi connectivity index (χ4v) is 3.30. The molecule has 0 bridgehead atoms. The molecule has 1 unspecified atom stereocenters. The molecule has 124 valence electrons. The molecule has 1 aliphatic heterocycles. The number of aromatic nitrogens is 2. The monoisotopic (exact) mass is 315 g/mol. The van der Waals surface area contributed by atoms with Crippen LogP contribution in [0.5, 0.6) is 0 Å². The van der Waals surface area contributed by atoms with E-state index in [1.54, 1.807) is 7.11 Å². The minimum Gasteiger partial charge on any atom is -0.382 e. The van der Waals surface area contributed by atoms with Gasteiger partial charge in [-0.15, -0.1) is 0 Å². The Kier molecular flexibility index (Phi) is 4.62. The highest BCUT2D eigenvalue weighted by molar-refractivity contribution is 5.74. The Labute approximate surface area is 137 Å². The van der Waals surface area contributed by atoms with Crippen molar-refractivity contribution in [2.24, 2.45) is 0 Å². The van der Waals surface area contributed by atoms with Crippen molar-refractivity contribution in [1.29, 1.82) is 0 Å². The third-order valence-electron chi connectivity index (χ3n) is 4.12. The second-order valence-corrected chi connectivity index (χ2v) is 6.87. The number of methoxy groups -OCH3 is 1. The van der Waals surface area contributed by atoms with Crippen LogP contribution >= 0.6 is 0 Å². The van der Waals surface area contributed by atoms with Crippen molar-refractivity contribution in [3.63, 3.8) is 0 Å². The molecule has 0 radical (unpaired) electrons. The summed E-state index contributed by atoms with van der Waals surface area (Å²) in [6.45, 7) is 9.42. The van der Waals surface area contributed by atoms with Crippen molar-refractivity contribution < 1.29 is 9.47 Å². The summed E-state index contributed by atoms with van der Waals surface area (Å²) in [6, 6.07) is 8.02. The Balaban J connectivity index is 1.81. The number of para-hydroxylation sites is 2. The molecule has 5 nitrogen and oxygen atoms in total. The summed E-state index contributed by atoms with van der Waals surface area (Å²) in [5, 5.41) is 0. The van der Waals surface area contributed by atoms with Gasteiger partial charge in [0.15, 0.2) is 0 Å². The van der Waals surface area contributed by atoms with Gasteiger partial charge in [-0.2, -0.15) is 0 Å². The van der Waals surface area contributed by atoms with E-state index in [0.717, 1.165) is 42.1 Å². The zero-order valence-corrected chi connectivity index (χ0v) is 14.4. The SMILES string of the molecule is COCC1CN(Cc2nc3ccccc3nc2C)CC(C)(C)O1. The quantitative estimate of drug-likeness (QED) is 0.868. The molecule has 0 aliphatic carbocycles. The molecule has 0 N–H and O–H groups in total. The number of ether oxygens (including phenoxy) is 2. The van der Waals surface area contributed by atoms with E-state index in [-0.39, 0.29) is 11.7 Å². The smallest absolute Gasteiger partial charge is 0.0942 e. The van der Waals surface area contributed by atoms with Crippen molar-refractivity contribution in [3.05, 3.63) is 35.7 Å². The molecule has 0 spiro atoms. The van der Waals surface area contributed by atoms with Gasteiger partial charge in [-0.05, 0) is 32.9 Å². The van der Waals surface area contributed by atoms with Gasteiger partial charge in [0.1, 0.15) is 0 Å². The second kappa shape index (κ2) is 6.51. The molecule has 1 fully saturated rings. The highest BCUT2D eigenvalue weighted by atomic mass is 16.5. The molecule has 5 heteroatoms. The molecule has 23 heavy (non-hydrogen) atoms. The maximum Gasteiger partial charge on any atom is 0.0942 e. The van der Waals surface area contributed by atoms with Gasteiger partial charge < -0.3 is 9.47 Å². The maximum absolute atomic E-state index is 6.08. The molecule has 3 rings (SSSR count).